The number of alkyl halides is 4. The van der Waals surface area contributed by atoms with Crippen molar-refractivity contribution in [2.24, 2.45) is 0 Å². The van der Waals surface area contributed by atoms with Crippen LogP contribution in [-0.2, 0) is 0 Å². The fraction of sp³-hybridized carbons (Fsp3) is 0.250. The SMILES string of the molecule is IC(I)c1ccccc1C(I)I. The van der Waals surface area contributed by atoms with Crippen molar-refractivity contribution >= 4 is 90.4 Å². The molecule has 0 aromatic heterocycles. The molecular weight excluding hydrogens is 604 g/mol. The summed E-state index contributed by atoms with van der Waals surface area (Å²) in [5, 5.41) is 0. The van der Waals surface area contributed by atoms with Crippen molar-refractivity contribution in [3.8, 4) is 0 Å². The molecule has 0 heterocycles. The summed E-state index contributed by atoms with van der Waals surface area (Å²) in [6.07, 6.45) is 0. The van der Waals surface area contributed by atoms with Crippen LogP contribution in [0.1, 0.15) is 15.0 Å². The van der Waals surface area contributed by atoms with E-state index in [1.165, 1.54) is 11.1 Å². The molecule has 0 radical (unpaired) electrons. The van der Waals surface area contributed by atoms with Gasteiger partial charge in [-0.25, -0.2) is 0 Å². The summed E-state index contributed by atoms with van der Waals surface area (Å²) in [6.45, 7) is 0. The minimum absolute atomic E-state index is 0.573. The summed E-state index contributed by atoms with van der Waals surface area (Å²) < 4.78 is 1.15. The fourth-order valence-electron chi connectivity index (χ4n) is 0.908. The van der Waals surface area contributed by atoms with Crippen LogP contribution in [0, 0.1) is 0 Å². The van der Waals surface area contributed by atoms with Gasteiger partial charge in [0, 0.05) is 0 Å². The summed E-state index contributed by atoms with van der Waals surface area (Å²) in [6, 6.07) is 8.64. The highest BCUT2D eigenvalue weighted by Crippen LogP contribution is 2.40. The predicted molar refractivity (Wildman–Crippen MR) is 88.0 cm³/mol. The molecule has 0 atom stereocenters. The van der Waals surface area contributed by atoms with Gasteiger partial charge in [0.05, 0.1) is 3.86 Å². The van der Waals surface area contributed by atoms with E-state index in [0.717, 1.165) is 0 Å². The Labute approximate surface area is 127 Å². The quantitative estimate of drug-likeness (QED) is 0.310. The van der Waals surface area contributed by atoms with Crippen LogP contribution in [0.15, 0.2) is 24.3 Å². The van der Waals surface area contributed by atoms with Gasteiger partial charge < -0.3 is 0 Å². The van der Waals surface area contributed by atoms with E-state index in [-0.39, 0.29) is 0 Å². The minimum atomic E-state index is 0.573. The lowest BCUT2D eigenvalue weighted by Crippen LogP contribution is -1.89. The lowest BCUT2D eigenvalue weighted by atomic mass is 10.1. The first-order chi connectivity index (χ1) is 5.63. The van der Waals surface area contributed by atoms with Crippen LogP contribution >= 0.6 is 90.4 Å². The molecule has 0 unspecified atom stereocenters. The monoisotopic (exact) mass is 610 g/mol. The van der Waals surface area contributed by atoms with Crippen molar-refractivity contribution in [2.45, 2.75) is 3.86 Å². The Kier molecular flexibility index (Phi) is 5.99. The standard InChI is InChI=1S/C8H6I4/c9-7(10)5-3-1-2-4-6(5)8(11)12/h1-4,7-8H. The Morgan fingerprint density at radius 3 is 1.33 bits per heavy atom. The van der Waals surface area contributed by atoms with E-state index in [9.17, 15) is 0 Å². The molecule has 0 aliphatic rings. The van der Waals surface area contributed by atoms with Gasteiger partial charge in [-0.1, -0.05) is 115 Å². The molecule has 1 aromatic carbocycles. The van der Waals surface area contributed by atoms with Crippen LogP contribution in [-0.4, -0.2) is 0 Å². The molecule has 0 saturated heterocycles. The number of hydrogen-bond donors (Lipinski definition) is 0. The molecule has 12 heavy (non-hydrogen) atoms. The van der Waals surface area contributed by atoms with Crippen molar-refractivity contribution in [1.29, 1.82) is 0 Å². The molecular formula is C8H6I4. The Balaban J connectivity index is 3.09. The third-order valence-electron chi connectivity index (χ3n) is 1.47. The van der Waals surface area contributed by atoms with Gasteiger partial charge in [-0.2, -0.15) is 0 Å². The average Bonchev–Trinajstić information content (AvgIpc) is 2.04. The van der Waals surface area contributed by atoms with Crippen molar-refractivity contribution in [2.75, 3.05) is 0 Å². The van der Waals surface area contributed by atoms with Gasteiger partial charge in [-0.05, 0) is 11.1 Å². The molecule has 0 amide bonds. The second-order valence-electron chi connectivity index (χ2n) is 2.23. The second-order valence-corrected chi connectivity index (χ2v) is 12.0. The molecule has 1 rings (SSSR count). The molecule has 0 saturated carbocycles. The Morgan fingerprint density at radius 2 is 1.08 bits per heavy atom. The van der Waals surface area contributed by atoms with Gasteiger partial charge >= 0.3 is 0 Å². The molecule has 0 aliphatic carbocycles. The van der Waals surface area contributed by atoms with Crippen LogP contribution < -0.4 is 0 Å². The molecule has 0 nitrogen and oxygen atoms in total. The zero-order valence-electron chi connectivity index (χ0n) is 5.98. The molecule has 0 fully saturated rings. The molecule has 0 spiro atoms. The summed E-state index contributed by atoms with van der Waals surface area (Å²) in [5.74, 6) is 0. The van der Waals surface area contributed by atoms with E-state index in [0.29, 0.717) is 3.86 Å². The van der Waals surface area contributed by atoms with Crippen LogP contribution in [0.25, 0.3) is 0 Å². The van der Waals surface area contributed by atoms with Gasteiger partial charge in [0.1, 0.15) is 0 Å². The van der Waals surface area contributed by atoms with Gasteiger partial charge in [-0.3, -0.25) is 0 Å². The number of hydrogen-bond acceptors (Lipinski definition) is 0. The van der Waals surface area contributed by atoms with Crippen LogP contribution in [0.5, 0.6) is 0 Å². The van der Waals surface area contributed by atoms with Gasteiger partial charge in [0.15, 0.2) is 0 Å². The van der Waals surface area contributed by atoms with E-state index < -0.39 is 0 Å². The molecule has 0 aliphatic heterocycles. The molecule has 1 aromatic rings. The highest BCUT2D eigenvalue weighted by Gasteiger charge is 2.11. The van der Waals surface area contributed by atoms with E-state index in [1.54, 1.807) is 0 Å². The number of benzene rings is 1. The highest BCUT2D eigenvalue weighted by molar-refractivity contribution is 14.2. The number of halogens is 4. The summed E-state index contributed by atoms with van der Waals surface area (Å²) in [7, 11) is 0. The lowest BCUT2D eigenvalue weighted by molar-refractivity contribution is 1.33. The minimum Gasteiger partial charge on any atom is -0.0657 e. The smallest absolute Gasteiger partial charge is 0.0657 e. The van der Waals surface area contributed by atoms with Crippen LogP contribution in [0.2, 0.25) is 0 Å². The zero-order chi connectivity index (χ0) is 9.14. The molecule has 0 bridgehead atoms. The first-order valence-corrected chi connectivity index (χ1v) is 8.26. The van der Waals surface area contributed by atoms with E-state index in [4.69, 9.17) is 0 Å². The normalized spacial score (nSPS) is 11.2. The van der Waals surface area contributed by atoms with Crippen molar-refractivity contribution in [3.63, 3.8) is 0 Å². The molecule has 4 heteroatoms. The maximum Gasteiger partial charge on any atom is 0.0878 e. The van der Waals surface area contributed by atoms with Crippen LogP contribution in [0.3, 0.4) is 0 Å². The van der Waals surface area contributed by atoms with E-state index in [2.05, 4.69) is 115 Å². The van der Waals surface area contributed by atoms with Gasteiger partial charge in [0.2, 0.25) is 0 Å². The Hall–Kier alpha value is 2.14. The maximum absolute atomic E-state index is 2.45. The summed E-state index contributed by atoms with van der Waals surface area (Å²) >= 11 is 9.79. The largest absolute Gasteiger partial charge is 0.0878 e. The third-order valence-corrected chi connectivity index (χ3v) is 4.15. The summed E-state index contributed by atoms with van der Waals surface area (Å²) in [5.41, 5.74) is 2.90. The van der Waals surface area contributed by atoms with Crippen molar-refractivity contribution < 1.29 is 0 Å². The van der Waals surface area contributed by atoms with E-state index >= 15 is 0 Å². The Morgan fingerprint density at radius 1 is 0.750 bits per heavy atom. The molecule has 0 N–H and O–H groups in total. The Bertz CT molecular complexity index is 230. The molecule has 66 valence electrons. The second kappa shape index (κ2) is 5.89. The topological polar surface area (TPSA) is 0 Å². The first kappa shape index (κ1) is 12.2. The third kappa shape index (κ3) is 3.37. The average molecular weight is 610 g/mol. The lowest BCUT2D eigenvalue weighted by Gasteiger charge is -2.10. The maximum atomic E-state index is 2.45. The zero-order valence-corrected chi connectivity index (χ0v) is 14.6. The highest BCUT2D eigenvalue weighted by atomic mass is 127. The van der Waals surface area contributed by atoms with Crippen LogP contribution in [0.4, 0.5) is 0 Å². The van der Waals surface area contributed by atoms with Crippen molar-refractivity contribution in [1.82, 2.24) is 0 Å². The summed E-state index contributed by atoms with van der Waals surface area (Å²) in [4.78, 5) is 0. The fourth-order valence-corrected chi connectivity index (χ4v) is 3.18. The van der Waals surface area contributed by atoms with E-state index in [1.807, 2.05) is 0 Å². The van der Waals surface area contributed by atoms with Gasteiger partial charge in [0.25, 0.3) is 0 Å². The first-order valence-electron chi connectivity index (χ1n) is 3.28. The van der Waals surface area contributed by atoms with Gasteiger partial charge in [-0.15, -0.1) is 0 Å². The predicted octanol–water partition coefficient (Wildman–Crippen LogP) is 5.42. The van der Waals surface area contributed by atoms with Crippen molar-refractivity contribution in [3.05, 3.63) is 35.4 Å². The number of rotatable bonds is 2.